The number of esters is 1. The number of aryl methyl sites for hydroxylation is 1. The van der Waals surface area contributed by atoms with Crippen LogP contribution in [-0.2, 0) is 28.0 Å². The quantitative estimate of drug-likeness (QED) is 0.192. The van der Waals surface area contributed by atoms with Crippen LogP contribution in [0.4, 0.5) is 5.69 Å². The lowest BCUT2D eigenvalue weighted by Gasteiger charge is -2.37. The molecule has 1 aromatic heterocycles. The Morgan fingerprint density at radius 1 is 1.28 bits per heavy atom. The van der Waals surface area contributed by atoms with Crippen molar-refractivity contribution in [1.29, 1.82) is 0 Å². The van der Waals surface area contributed by atoms with Gasteiger partial charge in [0.25, 0.3) is 11.6 Å². The number of fused-ring (bicyclic) bond motifs is 2. The first kappa shape index (κ1) is 19.9. The maximum absolute atomic E-state index is 12.7. The summed E-state index contributed by atoms with van der Waals surface area (Å²) in [5, 5.41) is 20.1. The average molecular weight is 449 g/mol. The van der Waals surface area contributed by atoms with E-state index in [1.54, 1.807) is 16.2 Å². The average Bonchev–Trinajstić information content (AvgIpc) is 3.37. The van der Waals surface area contributed by atoms with Crippen LogP contribution in [0.1, 0.15) is 11.1 Å². The highest BCUT2D eigenvalue weighted by atomic mass is 32.2. The second kappa shape index (κ2) is 7.61. The molecular formula is C21H15N5O5S. The summed E-state index contributed by atoms with van der Waals surface area (Å²) in [5.41, 5.74) is 3.81. The molecule has 2 aliphatic heterocycles. The van der Waals surface area contributed by atoms with Crippen LogP contribution in [0.15, 0.2) is 59.1 Å². The number of non-ortho nitro benzene ring substituents is 1. The van der Waals surface area contributed by atoms with Gasteiger partial charge >= 0.3 is 5.97 Å². The van der Waals surface area contributed by atoms with Gasteiger partial charge in [0, 0.05) is 24.6 Å². The number of nitro groups is 1. The smallest absolute Gasteiger partial charge is 0.355 e. The van der Waals surface area contributed by atoms with Crippen molar-refractivity contribution < 1.29 is 19.2 Å². The molecule has 0 N–H and O–H groups in total. The van der Waals surface area contributed by atoms with Gasteiger partial charge in [0.2, 0.25) is 0 Å². The number of carbonyl (C=O) groups excluding carboxylic acids is 2. The molecule has 0 bridgehead atoms. The van der Waals surface area contributed by atoms with E-state index in [2.05, 4.69) is 10.3 Å². The summed E-state index contributed by atoms with van der Waals surface area (Å²) in [4.78, 5) is 36.8. The second-order valence-corrected chi connectivity index (χ2v) is 8.18. The van der Waals surface area contributed by atoms with Crippen LogP contribution in [0.25, 0.3) is 17.1 Å². The number of hydrogen-bond donors (Lipinski definition) is 0. The number of thioether (sulfide) groups is 1. The molecule has 1 unspecified atom stereocenters. The van der Waals surface area contributed by atoms with E-state index in [9.17, 15) is 19.7 Å². The zero-order valence-corrected chi connectivity index (χ0v) is 17.5. The number of ether oxygens (including phenoxy) is 1. The van der Waals surface area contributed by atoms with Crippen molar-refractivity contribution in [3.63, 3.8) is 0 Å². The number of benzene rings is 2. The van der Waals surface area contributed by atoms with Gasteiger partial charge < -0.3 is 4.74 Å². The third-order valence-corrected chi connectivity index (χ3v) is 6.30. The molecule has 2 aliphatic rings. The van der Waals surface area contributed by atoms with Gasteiger partial charge in [-0.2, -0.15) is 0 Å². The minimum absolute atomic E-state index is 0.0400. The molecule has 0 radical (unpaired) electrons. The Kier molecular flexibility index (Phi) is 4.74. The number of amides is 1. The molecule has 1 saturated heterocycles. The van der Waals surface area contributed by atoms with Crippen LogP contribution in [0.3, 0.4) is 0 Å². The van der Waals surface area contributed by atoms with Crippen LogP contribution in [0, 0.1) is 10.1 Å². The van der Waals surface area contributed by atoms with Gasteiger partial charge in [0.05, 0.1) is 16.0 Å². The molecular weight excluding hydrogens is 434 g/mol. The normalized spacial score (nSPS) is 18.5. The van der Waals surface area contributed by atoms with E-state index in [1.807, 2.05) is 25.2 Å². The lowest BCUT2D eigenvalue weighted by atomic mass is 10.0. The van der Waals surface area contributed by atoms with E-state index >= 15 is 0 Å². The van der Waals surface area contributed by atoms with Crippen molar-refractivity contribution in [1.82, 2.24) is 19.9 Å². The van der Waals surface area contributed by atoms with Crippen molar-refractivity contribution in [2.75, 3.05) is 0 Å². The topological polar surface area (TPSA) is 120 Å². The molecule has 32 heavy (non-hydrogen) atoms. The van der Waals surface area contributed by atoms with E-state index in [4.69, 9.17) is 4.74 Å². The van der Waals surface area contributed by atoms with Crippen molar-refractivity contribution in [3.05, 3.63) is 80.4 Å². The zero-order chi connectivity index (χ0) is 22.4. The number of β-lactam (4-membered cyclic amide) rings is 1. The van der Waals surface area contributed by atoms with Gasteiger partial charge in [-0.25, -0.2) is 9.48 Å². The molecule has 3 aromatic rings. The fourth-order valence-electron chi connectivity index (χ4n) is 3.52. The Balaban J connectivity index is 1.25. The minimum Gasteiger partial charge on any atom is -0.456 e. The Morgan fingerprint density at radius 3 is 2.81 bits per heavy atom. The van der Waals surface area contributed by atoms with Crippen LogP contribution < -0.4 is 0 Å². The number of nitro benzene ring substituents is 1. The first-order chi connectivity index (χ1) is 15.4. The zero-order valence-electron chi connectivity index (χ0n) is 16.7. The number of carbonyl (C=O) groups is 2. The largest absolute Gasteiger partial charge is 0.456 e. The third kappa shape index (κ3) is 3.32. The molecule has 1 fully saturated rings. The molecule has 2 aromatic carbocycles. The molecule has 10 nitrogen and oxygen atoms in total. The minimum atomic E-state index is -0.619. The molecule has 160 valence electrons. The summed E-state index contributed by atoms with van der Waals surface area (Å²) in [6.07, 6.45) is 1.80. The van der Waals surface area contributed by atoms with Crippen molar-refractivity contribution in [3.8, 4) is 0 Å². The molecule has 5 rings (SSSR count). The Bertz CT molecular complexity index is 1340. The predicted octanol–water partition coefficient (Wildman–Crippen LogP) is 2.76. The van der Waals surface area contributed by atoms with Crippen LogP contribution in [0.5, 0.6) is 0 Å². The van der Waals surface area contributed by atoms with Gasteiger partial charge in [-0.05, 0) is 41.5 Å². The van der Waals surface area contributed by atoms with E-state index in [0.29, 0.717) is 11.1 Å². The molecule has 1 amide bonds. The maximum Gasteiger partial charge on any atom is 0.355 e. The molecule has 11 heteroatoms. The van der Waals surface area contributed by atoms with Gasteiger partial charge in [-0.15, -0.1) is 16.9 Å². The summed E-state index contributed by atoms with van der Waals surface area (Å²) < 4.78 is 6.97. The fourth-order valence-corrected chi connectivity index (χ4v) is 4.64. The summed E-state index contributed by atoms with van der Waals surface area (Å²) in [6, 6.07) is 11.4. The SMILES string of the molecule is Cn1nnc2cc(/C=C3/C(=O)N4C(C(=O)OCc5ccc([N+](=O)[O-])cc5)=CSC34)ccc21. The van der Waals surface area contributed by atoms with Crippen LogP contribution >= 0.6 is 11.8 Å². The van der Waals surface area contributed by atoms with E-state index in [0.717, 1.165) is 16.6 Å². The first-order valence-corrected chi connectivity index (χ1v) is 10.5. The first-order valence-electron chi connectivity index (χ1n) is 9.53. The van der Waals surface area contributed by atoms with E-state index in [-0.39, 0.29) is 29.3 Å². The van der Waals surface area contributed by atoms with Crippen molar-refractivity contribution in [2.24, 2.45) is 7.05 Å². The number of nitrogens with zero attached hydrogens (tertiary/aromatic N) is 5. The summed E-state index contributed by atoms with van der Waals surface area (Å²) in [5.74, 6) is -0.871. The lowest BCUT2D eigenvalue weighted by Crippen LogP contribution is -2.51. The molecule has 0 aliphatic carbocycles. The fraction of sp³-hybridized carbons (Fsp3) is 0.143. The van der Waals surface area contributed by atoms with Gasteiger partial charge in [0.15, 0.2) is 0 Å². The number of rotatable bonds is 5. The molecule has 1 atom stereocenters. The molecule has 3 heterocycles. The monoisotopic (exact) mass is 449 g/mol. The van der Waals surface area contributed by atoms with E-state index in [1.165, 1.54) is 40.9 Å². The second-order valence-electron chi connectivity index (χ2n) is 7.23. The molecule has 0 spiro atoms. The van der Waals surface area contributed by atoms with Crippen molar-refractivity contribution >= 4 is 46.4 Å². The van der Waals surface area contributed by atoms with Gasteiger partial charge in [0.1, 0.15) is 23.2 Å². The Hall–Kier alpha value is -3.99. The van der Waals surface area contributed by atoms with Gasteiger partial charge in [-0.1, -0.05) is 11.3 Å². The third-order valence-electron chi connectivity index (χ3n) is 5.22. The summed E-state index contributed by atoms with van der Waals surface area (Å²) in [6.45, 7) is -0.0493. The maximum atomic E-state index is 12.7. The van der Waals surface area contributed by atoms with E-state index < -0.39 is 10.9 Å². The highest BCUT2D eigenvalue weighted by molar-refractivity contribution is 8.03. The highest BCUT2D eigenvalue weighted by Gasteiger charge is 2.49. The standard InChI is InChI=1S/C21H15N5O5S/c1-24-17-7-4-13(9-16(17)22-23-24)8-15-19(27)25-18(11-32-20(15)25)21(28)31-10-12-2-5-14(6-3-12)26(29)30/h2-9,11,20H,10H2,1H3/b15-8-. The number of hydrogen-bond acceptors (Lipinski definition) is 8. The van der Waals surface area contributed by atoms with Crippen LogP contribution in [-0.4, -0.2) is 42.1 Å². The van der Waals surface area contributed by atoms with Crippen molar-refractivity contribution in [2.45, 2.75) is 12.0 Å². The van der Waals surface area contributed by atoms with Gasteiger partial charge in [-0.3, -0.25) is 19.8 Å². The lowest BCUT2D eigenvalue weighted by molar-refractivity contribution is -0.384. The summed E-state index contributed by atoms with van der Waals surface area (Å²) in [7, 11) is 1.81. The summed E-state index contributed by atoms with van der Waals surface area (Å²) >= 11 is 1.36. The molecule has 0 saturated carbocycles. The number of aromatic nitrogens is 3. The Morgan fingerprint density at radius 2 is 2.06 bits per heavy atom. The Labute approximate surface area is 185 Å². The highest BCUT2D eigenvalue weighted by Crippen LogP contribution is 2.45. The predicted molar refractivity (Wildman–Crippen MR) is 116 cm³/mol. The van der Waals surface area contributed by atoms with Crippen LogP contribution in [0.2, 0.25) is 0 Å².